The Morgan fingerprint density at radius 2 is 1.55 bits per heavy atom. The number of carbonyl (C=O) groups is 2. The molecular formula is C23H39O7P. The first-order valence-corrected chi connectivity index (χ1v) is 13.4. The Labute approximate surface area is 186 Å². The number of ketones is 1. The van der Waals surface area contributed by atoms with Crippen LogP contribution in [0.1, 0.15) is 97.3 Å². The predicted molar refractivity (Wildman–Crippen MR) is 118 cm³/mol. The highest BCUT2D eigenvalue weighted by Crippen LogP contribution is 2.54. The molecule has 178 valence electrons. The maximum absolute atomic E-state index is 12.7. The minimum absolute atomic E-state index is 0.104. The molecular weight excluding hydrogens is 419 g/mol. The molecule has 0 aliphatic carbocycles. The average Bonchev–Trinajstić information content (AvgIpc) is 3.06. The van der Waals surface area contributed by atoms with E-state index in [1.54, 1.807) is 6.92 Å². The summed E-state index contributed by atoms with van der Waals surface area (Å²) in [4.78, 5) is 23.0. The summed E-state index contributed by atoms with van der Waals surface area (Å²) < 4.78 is 33.9. The summed E-state index contributed by atoms with van der Waals surface area (Å²) in [7, 11) is -3.67. The molecule has 8 heteroatoms. The second-order valence-electron chi connectivity index (χ2n) is 8.46. The molecule has 31 heavy (non-hydrogen) atoms. The van der Waals surface area contributed by atoms with E-state index in [1.165, 1.54) is 44.9 Å². The summed E-state index contributed by atoms with van der Waals surface area (Å²) >= 11 is 0. The molecule has 7 nitrogen and oxygen atoms in total. The van der Waals surface area contributed by atoms with Gasteiger partial charge in [0.05, 0.1) is 24.7 Å². The fraction of sp³-hybridized carbons (Fsp3) is 0.826. The molecule has 2 rings (SSSR count). The molecule has 2 aliphatic rings. The zero-order chi connectivity index (χ0) is 22.5. The van der Waals surface area contributed by atoms with Gasteiger partial charge in [0.15, 0.2) is 0 Å². The van der Waals surface area contributed by atoms with E-state index in [0.717, 1.165) is 32.1 Å². The number of phosphoric acid groups is 1. The third-order valence-electron chi connectivity index (χ3n) is 5.85. The maximum Gasteiger partial charge on any atom is 0.529 e. The van der Waals surface area contributed by atoms with Crippen molar-refractivity contribution in [2.45, 2.75) is 97.3 Å². The molecule has 0 bridgehead atoms. The summed E-state index contributed by atoms with van der Waals surface area (Å²) in [6.07, 6.45) is 14.0. The zero-order valence-corrected chi connectivity index (χ0v) is 20.1. The van der Waals surface area contributed by atoms with Gasteiger partial charge in [-0.2, -0.15) is 0 Å². The lowest BCUT2D eigenvalue weighted by Gasteiger charge is -2.17. The van der Waals surface area contributed by atoms with Gasteiger partial charge in [-0.3, -0.25) is 13.8 Å². The molecule has 1 saturated heterocycles. The first-order chi connectivity index (χ1) is 14.9. The Morgan fingerprint density at radius 1 is 0.968 bits per heavy atom. The standard InChI is InChI=1S/C23H39O7P/c1-3-21(24)15-13-11-9-7-5-4-6-8-10-12-14-16-28-31(26)29-18-20-17-27-23(25)22(20)19(2)30-31/h20H,3-18H2,1-2H3/t20-,31-/m1/s1. The van der Waals surface area contributed by atoms with Crippen molar-refractivity contribution in [3.05, 3.63) is 11.3 Å². The monoisotopic (exact) mass is 458 g/mol. The number of allylic oxidation sites excluding steroid dienone is 1. The lowest BCUT2D eigenvalue weighted by molar-refractivity contribution is -0.135. The molecule has 1 fully saturated rings. The number of rotatable bonds is 16. The van der Waals surface area contributed by atoms with Gasteiger partial charge in [-0.15, -0.1) is 0 Å². The van der Waals surface area contributed by atoms with E-state index in [4.69, 9.17) is 18.3 Å². The van der Waals surface area contributed by atoms with E-state index in [2.05, 4.69) is 0 Å². The molecule has 0 N–H and O–H groups in total. The molecule has 0 saturated carbocycles. The second-order valence-corrected chi connectivity index (χ2v) is 10.1. The predicted octanol–water partition coefficient (Wildman–Crippen LogP) is 6.27. The number of phosphoric ester groups is 1. The normalized spacial score (nSPS) is 23.3. The van der Waals surface area contributed by atoms with Crippen molar-refractivity contribution in [2.24, 2.45) is 5.92 Å². The molecule has 0 aromatic rings. The highest BCUT2D eigenvalue weighted by atomic mass is 31.2. The van der Waals surface area contributed by atoms with Crippen LogP contribution in [-0.4, -0.2) is 31.6 Å². The van der Waals surface area contributed by atoms with E-state index in [1.807, 2.05) is 6.92 Å². The van der Waals surface area contributed by atoms with Gasteiger partial charge in [0, 0.05) is 12.8 Å². The number of esters is 1. The Kier molecular flexibility index (Phi) is 11.8. The van der Waals surface area contributed by atoms with Gasteiger partial charge < -0.3 is 9.26 Å². The van der Waals surface area contributed by atoms with Crippen molar-refractivity contribution in [3.63, 3.8) is 0 Å². The van der Waals surface area contributed by atoms with E-state index in [0.29, 0.717) is 24.4 Å². The summed E-state index contributed by atoms with van der Waals surface area (Å²) in [5, 5.41) is 0. The molecule has 0 aromatic carbocycles. The van der Waals surface area contributed by atoms with Crippen LogP contribution in [0.3, 0.4) is 0 Å². The van der Waals surface area contributed by atoms with Crippen LogP contribution in [-0.2, 0) is 32.5 Å². The minimum Gasteiger partial charge on any atom is -0.461 e. The largest absolute Gasteiger partial charge is 0.529 e. The zero-order valence-electron chi connectivity index (χ0n) is 19.2. The number of hydrogen-bond donors (Lipinski definition) is 0. The molecule has 0 radical (unpaired) electrons. The number of fused-ring (bicyclic) bond motifs is 1. The van der Waals surface area contributed by atoms with E-state index >= 15 is 0 Å². The number of cyclic esters (lactones) is 1. The summed E-state index contributed by atoms with van der Waals surface area (Å²) in [5.74, 6) is -0.00342. The third-order valence-corrected chi connectivity index (χ3v) is 7.31. The van der Waals surface area contributed by atoms with Crippen molar-refractivity contribution < 1.29 is 32.5 Å². The molecule has 2 atom stereocenters. The minimum atomic E-state index is -3.67. The van der Waals surface area contributed by atoms with Crippen LogP contribution >= 0.6 is 7.82 Å². The fourth-order valence-corrected chi connectivity index (χ4v) is 5.25. The summed E-state index contributed by atoms with van der Waals surface area (Å²) in [5.41, 5.74) is 0.410. The molecule has 0 unspecified atom stereocenters. The number of hydrogen-bond acceptors (Lipinski definition) is 7. The lowest BCUT2D eigenvalue weighted by atomic mass is 10.0. The fourth-order valence-electron chi connectivity index (χ4n) is 3.92. The average molecular weight is 459 g/mol. The number of ether oxygens (including phenoxy) is 1. The topological polar surface area (TPSA) is 88.1 Å². The van der Waals surface area contributed by atoms with Crippen LogP contribution in [0, 0.1) is 5.92 Å². The number of unbranched alkanes of at least 4 members (excludes halogenated alkanes) is 10. The van der Waals surface area contributed by atoms with Gasteiger partial charge in [-0.25, -0.2) is 9.36 Å². The van der Waals surface area contributed by atoms with Crippen molar-refractivity contribution in [2.75, 3.05) is 19.8 Å². The molecule has 0 spiro atoms. The van der Waals surface area contributed by atoms with Gasteiger partial charge in [0.2, 0.25) is 0 Å². The summed E-state index contributed by atoms with van der Waals surface area (Å²) in [6, 6.07) is 0. The first-order valence-electron chi connectivity index (χ1n) is 11.9. The van der Waals surface area contributed by atoms with Crippen molar-refractivity contribution in [1.29, 1.82) is 0 Å². The summed E-state index contributed by atoms with van der Waals surface area (Å²) in [6.45, 7) is 4.19. The Bertz CT molecular complexity index is 658. The van der Waals surface area contributed by atoms with Crippen molar-refractivity contribution >= 4 is 19.6 Å². The molecule has 0 amide bonds. The third kappa shape index (κ3) is 9.46. The van der Waals surface area contributed by atoms with Gasteiger partial charge in [-0.1, -0.05) is 64.7 Å². The highest BCUT2D eigenvalue weighted by molar-refractivity contribution is 7.48. The van der Waals surface area contributed by atoms with Crippen LogP contribution < -0.4 is 0 Å². The Balaban J connectivity index is 1.44. The van der Waals surface area contributed by atoms with Crippen LogP contribution in [0.15, 0.2) is 11.3 Å². The molecule has 0 aromatic heterocycles. The number of Topliss-reactive ketones (excluding diaryl/α,β-unsaturated/α-hetero) is 1. The Morgan fingerprint density at radius 3 is 2.16 bits per heavy atom. The Hall–Kier alpha value is -1.17. The van der Waals surface area contributed by atoms with Crippen LogP contribution in [0.25, 0.3) is 0 Å². The van der Waals surface area contributed by atoms with Gasteiger partial charge >= 0.3 is 13.8 Å². The highest BCUT2D eigenvalue weighted by Gasteiger charge is 2.42. The SMILES string of the molecule is CCC(=O)CCCCCCCCCCCCCO[P@]1(=O)OC[C@H]2COC(=O)C2=C(C)O1. The van der Waals surface area contributed by atoms with Crippen LogP contribution in [0.2, 0.25) is 0 Å². The quantitative estimate of drug-likeness (QED) is 0.153. The van der Waals surface area contributed by atoms with E-state index in [-0.39, 0.29) is 24.9 Å². The number of carbonyl (C=O) groups excluding carboxylic acids is 2. The molecule has 2 aliphatic heterocycles. The van der Waals surface area contributed by atoms with Crippen LogP contribution in [0.4, 0.5) is 0 Å². The maximum atomic E-state index is 12.7. The van der Waals surface area contributed by atoms with Gasteiger partial charge in [0.1, 0.15) is 18.1 Å². The molecule has 2 heterocycles. The van der Waals surface area contributed by atoms with Gasteiger partial charge in [-0.05, 0) is 19.8 Å². The van der Waals surface area contributed by atoms with E-state index < -0.39 is 13.8 Å². The van der Waals surface area contributed by atoms with Crippen molar-refractivity contribution in [3.8, 4) is 0 Å². The smallest absolute Gasteiger partial charge is 0.461 e. The second kappa shape index (κ2) is 14.1. The first kappa shape index (κ1) is 26.1. The lowest BCUT2D eigenvalue weighted by Crippen LogP contribution is -2.10. The van der Waals surface area contributed by atoms with Crippen LogP contribution in [0.5, 0.6) is 0 Å². The van der Waals surface area contributed by atoms with E-state index in [9.17, 15) is 14.2 Å². The van der Waals surface area contributed by atoms with Crippen molar-refractivity contribution in [1.82, 2.24) is 0 Å². The van der Waals surface area contributed by atoms with Gasteiger partial charge in [0.25, 0.3) is 0 Å².